The number of hydrogen-bond donors (Lipinski definition) is 4. The van der Waals surface area contributed by atoms with Gasteiger partial charge in [-0.3, -0.25) is 10.8 Å². The van der Waals surface area contributed by atoms with Crippen LogP contribution in [0.1, 0.15) is 29.5 Å². The summed E-state index contributed by atoms with van der Waals surface area (Å²) in [6.07, 6.45) is 5.22. The number of nitrogens with one attached hydrogen (secondary N) is 2. The van der Waals surface area contributed by atoms with Crippen LogP contribution in [0.4, 0.5) is 8.78 Å². The van der Waals surface area contributed by atoms with Gasteiger partial charge in [0.05, 0.1) is 17.7 Å². The van der Waals surface area contributed by atoms with Crippen LogP contribution >= 0.6 is 0 Å². The molecule has 11 heteroatoms. The molecule has 6 N–H and O–H groups in total. The Morgan fingerprint density at radius 1 is 0.705 bits per heavy atom. The van der Waals surface area contributed by atoms with Crippen LogP contribution in [0, 0.1) is 22.5 Å². The maximum Gasteiger partial charge on any atom is 0.188 e. The summed E-state index contributed by atoms with van der Waals surface area (Å²) in [4.78, 5) is 3.50. The highest BCUT2D eigenvalue weighted by Gasteiger charge is 2.23. The lowest BCUT2D eigenvalue weighted by molar-refractivity contribution is 0.451. The van der Waals surface area contributed by atoms with E-state index in [-0.39, 0.29) is 23.0 Å². The molecular formula is C33H33F2N9. The lowest BCUT2D eigenvalue weighted by atomic mass is 9.97. The van der Waals surface area contributed by atoms with Crippen molar-refractivity contribution in [2.75, 3.05) is 26.2 Å². The van der Waals surface area contributed by atoms with Gasteiger partial charge in [0, 0.05) is 26.2 Å². The Hall–Kier alpha value is -5.32. The first kappa shape index (κ1) is 28.8. The average Bonchev–Trinajstić information content (AvgIpc) is 3.44. The van der Waals surface area contributed by atoms with Gasteiger partial charge in [-0.2, -0.15) is 0 Å². The molecule has 0 amide bonds. The number of benzene rings is 3. The highest BCUT2D eigenvalue weighted by Crippen LogP contribution is 2.33. The molecule has 0 spiro atoms. The molecule has 0 atom stereocenters. The van der Waals surface area contributed by atoms with Crippen LogP contribution in [0.3, 0.4) is 0 Å². The Bertz CT molecular complexity index is 1680. The highest BCUT2D eigenvalue weighted by molar-refractivity contribution is 5.78. The van der Waals surface area contributed by atoms with Gasteiger partial charge in [-0.25, -0.2) is 8.78 Å². The van der Waals surface area contributed by atoms with Crippen LogP contribution in [0.5, 0.6) is 0 Å². The number of rotatable bonds is 6. The van der Waals surface area contributed by atoms with Crippen molar-refractivity contribution in [1.82, 2.24) is 24.6 Å². The predicted molar refractivity (Wildman–Crippen MR) is 169 cm³/mol. The molecule has 2 aliphatic rings. The van der Waals surface area contributed by atoms with Crippen molar-refractivity contribution in [3.8, 4) is 22.8 Å². The fourth-order valence-electron chi connectivity index (χ4n) is 5.71. The van der Waals surface area contributed by atoms with Gasteiger partial charge in [-0.1, -0.05) is 54.6 Å². The summed E-state index contributed by atoms with van der Waals surface area (Å²) in [7, 11) is 0. The molecule has 2 aliphatic heterocycles. The zero-order valence-electron chi connectivity index (χ0n) is 24.1. The second kappa shape index (κ2) is 12.1. The van der Waals surface area contributed by atoms with E-state index in [9.17, 15) is 0 Å². The minimum absolute atomic E-state index is 0.0218. The molecular weight excluding hydrogens is 560 g/mol. The molecule has 0 aliphatic carbocycles. The standard InChI is InChI=1S/C33H33F2N9/c34-28-18-24(22-10-14-42(15-11-22)32(36)37)6-8-26(28)30-40-41-31(44(30)20-21-4-2-1-3-5-21)27-9-7-25(19-29(27)35)23-12-16-43(17-13-23)33(38)39/h1-10,12,18-19H,11,13-17,20H2,(H3,36,37)(H3,38,39). The van der Waals surface area contributed by atoms with Gasteiger partial charge in [0.15, 0.2) is 23.6 Å². The largest absolute Gasteiger partial charge is 0.370 e. The SMILES string of the molecule is N=C(N)N1CC=C(c2ccc(-c3nnc(-c4ccc(C5=CCN(C(=N)N)CC5)cc4F)n3Cc3ccccc3)c(F)c2)CC1. The van der Waals surface area contributed by atoms with E-state index in [2.05, 4.69) is 10.2 Å². The van der Waals surface area contributed by atoms with Crippen molar-refractivity contribution in [2.45, 2.75) is 19.4 Å². The van der Waals surface area contributed by atoms with Gasteiger partial charge in [-0.15, -0.1) is 10.2 Å². The van der Waals surface area contributed by atoms with Crippen molar-refractivity contribution in [3.05, 3.63) is 107 Å². The van der Waals surface area contributed by atoms with E-state index in [0.29, 0.717) is 57.2 Å². The van der Waals surface area contributed by atoms with E-state index >= 15 is 8.78 Å². The monoisotopic (exact) mass is 593 g/mol. The van der Waals surface area contributed by atoms with E-state index in [4.69, 9.17) is 22.3 Å². The molecule has 0 fully saturated rings. The third-order valence-corrected chi connectivity index (χ3v) is 8.20. The summed E-state index contributed by atoms with van der Waals surface area (Å²) in [5.74, 6) is -0.259. The van der Waals surface area contributed by atoms with Crippen molar-refractivity contribution >= 4 is 23.1 Å². The minimum Gasteiger partial charge on any atom is -0.370 e. The molecule has 224 valence electrons. The van der Waals surface area contributed by atoms with Crippen molar-refractivity contribution in [1.29, 1.82) is 10.8 Å². The van der Waals surface area contributed by atoms with E-state index < -0.39 is 11.6 Å². The minimum atomic E-state index is -0.453. The Kier molecular flexibility index (Phi) is 7.93. The maximum absolute atomic E-state index is 15.8. The van der Waals surface area contributed by atoms with Gasteiger partial charge in [0.1, 0.15) is 11.6 Å². The number of guanidine groups is 2. The zero-order valence-corrected chi connectivity index (χ0v) is 24.1. The summed E-state index contributed by atoms with van der Waals surface area (Å²) in [5.41, 5.74) is 16.2. The average molecular weight is 594 g/mol. The molecule has 0 saturated carbocycles. The lowest BCUT2D eigenvalue weighted by Crippen LogP contribution is -2.39. The van der Waals surface area contributed by atoms with Crippen LogP contribution in [0.2, 0.25) is 0 Å². The molecule has 6 rings (SSSR count). The predicted octanol–water partition coefficient (Wildman–Crippen LogP) is 4.90. The summed E-state index contributed by atoms with van der Waals surface area (Å²) in [6.45, 7) is 2.51. The fourth-order valence-corrected chi connectivity index (χ4v) is 5.71. The Balaban J connectivity index is 1.35. The van der Waals surface area contributed by atoms with E-state index in [1.165, 1.54) is 12.1 Å². The van der Waals surface area contributed by atoms with Gasteiger partial charge < -0.3 is 25.8 Å². The van der Waals surface area contributed by atoms with Crippen LogP contribution in [-0.2, 0) is 6.54 Å². The second-order valence-corrected chi connectivity index (χ2v) is 10.9. The smallest absolute Gasteiger partial charge is 0.188 e. The van der Waals surface area contributed by atoms with Gasteiger partial charge >= 0.3 is 0 Å². The van der Waals surface area contributed by atoms with E-state index in [1.54, 1.807) is 26.5 Å². The maximum atomic E-state index is 15.8. The third-order valence-electron chi connectivity index (χ3n) is 8.20. The number of nitrogens with zero attached hydrogens (tertiary/aromatic N) is 5. The quantitative estimate of drug-likeness (QED) is 0.185. The van der Waals surface area contributed by atoms with Crippen molar-refractivity contribution in [2.24, 2.45) is 11.5 Å². The van der Waals surface area contributed by atoms with Crippen molar-refractivity contribution in [3.63, 3.8) is 0 Å². The summed E-state index contributed by atoms with van der Waals surface area (Å²) in [6, 6.07) is 19.7. The molecule has 0 unspecified atom stereocenters. The van der Waals surface area contributed by atoms with Gasteiger partial charge in [0.25, 0.3) is 0 Å². The fraction of sp³-hybridized carbons (Fsp3) is 0.212. The lowest BCUT2D eigenvalue weighted by Gasteiger charge is -2.26. The molecule has 3 heterocycles. The molecule has 3 aromatic carbocycles. The van der Waals surface area contributed by atoms with Crippen LogP contribution < -0.4 is 11.5 Å². The normalized spacial score (nSPS) is 15.1. The summed E-state index contributed by atoms with van der Waals surface area (Å²) in [5, 5.41) is 24.0. The van der Waals surface area contributed by atoms with Crippen LogP contribution in [0.25, 0.3) is 33.9 Å². The van der Waals surface area contributed by atoms with Gasteiger partial charge in [-0.05, 0) is 64.9 Å². The molecule has 1 aromatic heterocycles. The number of nitrogens with two attached hydrogens (primary N) is 2. The van der Waals surface area contributed by atoms with E-state index in [0.717, 1.165) is 27.8 Å². The molecule has 0 saturated heterocycles. The third kappa shape index (κ3) is 5.81. The molecule has 44 heavy (non-hydrogen) atoms. The number of hydrogen-bond acceptors (Lipinski definition) is 4. The Morgan fingerprint density at radius 3 is 1.57 bits per heavy atom. The first-order chi connectivity index (χ1) is 21.3. The summed E-state index contributed by atoms with van der Waals surface area (Å²) < 4.78 is 33.3. The molecule has 0 radical (unpaired) electrons. The topological polar surface area (TPSA) is 137 Å². The first-order valence-electron chi connectivity index (χ1n) is 14.4. The van der Waals surface area contributed by atoms with Crippen LogP contribution in [0.15, 0.2) is 78.9 Å². The molecule has 9 nitrogen and oxygen atoms in total. The Morgan fingerprint density at radius 2 is 1.18 bits per heavy atom. The summed E-state index contributed by atoms with van der Waals surface area (Å²) >= 11 is 0. The zero-order chi connectivity index (χ0) is 30.8. The second-order valence-electron chi connectivity index (χ2n) is 10.9. The molecule has 4 aromatic rings. The van der Waals surface area contributed by atoms with Gasteiger partial charge in [0.2, 0.25) is 0 Å². The number of aromatic nitrogens is 3. The van der Waals surface area contributed by atoms with Crippen LogP contribution in [-0.4, -0.2) is 62.7 Å². The number of halogens is 2. The van der Waals surface area contributed by atoms with Crippen molar-refractivity contribution < 1.29 is 8.78 Å². The Labute approximate surface area is 254 Å². The first-order valence-corrected chi connectivity index (χ1v) is 14.4. The molecule has 0 bridgehead atoms. The van der Waals surface area contributed by atoms with E-state index in [1.807, 2.05) is 54.6 Å². The highest BCUT2D eigenvalue weighted by atomic mass is 19.1.